The van der Waals surface area contributed by atoms with Crippen LogP contribution in [0.25, 0.3) is 0 Å². The zero-order valence-corrected chi connectivity index (χ0v) is 13.9. The number of thiazole rings is 1. The predicted octanol–water partition coefficient (Wildman–Crippen LogP) is 2.85. The Morgan fingerprint density at radius 1 is 1.10 bits per heavy atom. The number of hydrogen-bond donors (Lipinski definition) is 0. The minimum atomic E-state index is 0.130. The zero-order chi connectivity index (χ0) is 14.8. The molecule has 1 aromatic heterocycles. The normalized spacial score (nSPS) is 21.7. The first kappa shape index (κ1) is 15.0. The van der Waals surface area contributed by atoms with Crippen molar-refractivity contribution in [3.8, 4) is 0 Å². The standard InChI is InChI=1S/C16H25N3OS/c1-12-15(17-13(2)21-12)16(20)19-9-5-8-18(10-11-19)14-6-3-4-7-14/h14H,3-11H2,1-2H3. The van der Waals surface area contributed by atoms with Crippen molar-refractivity contribution in [2.75, 3.05) is 26.2 Å². The van der Waals surface area contributed by atoms with Crippen molar-refractivity contribution >= 4 is 17.2 Å². The van der Waals surface area contributed by atoms with E-state index in [1.54, 1.807) is 11.3 Å². The molecule has 1 saturated heterocycles. The summed E-state index contributed by atoms with van der Waals surface area (Å²) in [6.45, 7) is 7.87. The van der Waals surface area contributed by atoms with Crippen LogP contribution in [0.2, 0.25) is 0 Å². The van der Waals surface area contributed by atoms with Crippen molar-refractivity contribution in [1.82, 2.24) is 14.8 Å². The summed E-state index contributed by atoms with van der Waals surface area (Å²) in [6.07, 6.45) is 6.53. The molecule has 2 heterocycles. The maximum atomic E-state index is 12.7. The van der Waals surface area contributed by atoms with Crippen LogP contribution in [-0.4, -0.2) is 52.9 Å². The highest BCUT2D eigenvalue weighted by Crippen LogP contribution is 2.25. The third-order valence-corrected chi connectivity index (χ3v) is 5.65. The SMILES string of the molecule is Cc1nc(C(=O)N2CCCN(C3CCCC3)CC2)c(C)s1. The summed E-state index contributed by atoms with van der Waals surface area (Å²) in [4.78, 5) is 22.8. The first-order valence-corrected chi connectivity index (χ1v) is 8.94. The second kappa shape index (κ2) is 6.44. The van der Waals surface area contributed by atoms with Crippen LogP contribution in [0.15, 0.2) is 0 Å². The summed E-state index contributed by atoms with van der Waals surface area (Å²) >= 11 is 1.62. The molecule has 0 unspecified atom stereocenters. The molecule has 2 fully saturated rings. The van der Waals surface area contributed by atoms with Gasteiger partial charge in [0.05, 0.1) is 5.01 Å². The minimum absolute atomic E-state index is 0.130. The Morgan fingerprint density at radius 3 is 2.52 bits per heavy atom. The number of carbonyl (C=O) groups excluding carboxylic acids is 1. The summed E-state index contributed by atoms with van der Waals surface area (Å²) in [7, 11) is 0. The van der Waals surface area contributed by atoms with E-state index in [9.17, 15) is 4.79 Å². The van der Waals surface area contributed by atoms with Gasteiger partial charge < -0.3 is 4.90 Å². The number of carbonyl (C=O) groups is 1. The monoisotopic (exact) mass is 307 g/mol. The number of nitrogens with zero attached hydrogens (tertiary/aromatic N) is 3. The maximum absolute atomic E-state index is 12.7. The number of amides is 1. The third-order valence-electron chi connectivity index (χ3n) is 4.76. The lowest BCUT2D eigenvalue weighted by Gasteiger charge is -2.27. The number of rotatable bonds is 2. The van der Waals surface area contributed by atoms with Gasteiger partial charge >= 0.3 is 0 Å². The summed E-state index contributed by atoms with van der Waals surface area (Å²) in [6, 6.07) is 0.767. The van der Waals surface area contributed by atoms with E-state index in [4.69, 9.17) is 0 Å². The van der Waals surface area contributed by atoms with Crippen LogP contribution in [0.1, 0.15) is 52.5 Å². The fraction of sp³-hybridized carbons (Fsp3) is 0.750. The quantitative estimate of drug-likeness (QED) is 0.843. The Hall–Kier alpha value is -0.940. The molecule has 4 nitrogen and oxygen atoms in total. The molecule has 0 aromatic carbocycles. The molecular weight excluding hydrogens is 282 g/mol. The highest BCUT2D eigenvalue weighted by atomic mass is 32.1. The molecule has 0 atom stereocenters. The molecule has 1 aliphatic carbocycles. The van der Waals surface area contributed by atoms with Crippen molar-refractivity contribution in [2.24, 2.45) is 0 Å². The minimum Gasteiger partial charge on any atom is -0.336 e. The van der Waals surface area contributed by atoms with E-state index < -0.39 is 0 Å². The molecule has 3 rings (SSSR count). The molecule has 0 bridgehead atoms. The molecule has 1 aromatic rings. The lowest BCUT2D eigenvalue weighted by atomic mass is 10.2. The average molecular weight is 307 g/mol. The van der Waals surface area contributed by atoms with E-state index >= 15 is 0 Å². The van der Waals surface area contributed by atoms with Crippen molar-refractivity contribution in [1.29, 1.82) is 0 Å². The Bertz CT molecular complexity index is 508. The molecule has 21 heavy (non-hydrogen) atoms. The molecule has 5 heteroatoms. The van der Waals surface area contributed by atoms with Crippen LogP contribution in [-0.2, 0) is 0 Å². The lowest BCUT2D eigenvalue weighted by molar-refractivity contribution is 0.0752. The highest BCUT2D eigenvalue weighted by Gasteiger charge is 2.27. The highest BCUT2D eigenvalue weighted by molar-refractivity contribution is 7.11. The average Bonchev–Trinajstić information content (AvgIpc) is 3.02. The number of aryl methyl sites for hydroxylation is 2. The molecule has 1 aliphatic heterocycles. The summed E-state index contributed by atoms with van der Waals surface area (Å²) in [5, 5.41) is 0.984. The van der Waals surface area contributed by atoms with Crippen LogP contribution in [0, 0.1) is 13.8 Å². The second-order valence-electron chi connectivity index (χ2n) is 6.26. The topological polar surface area (TPSA) is 36.4 Å². The Morgan fingerprint density at radius 2 is 1.86 bits per heavy atom. The van der Waals surface area contributed by atoms with Gasteiger partial charge in [-0.1, -0.05) is 12.8 Å². The summed E-state index contributed by atoms with van der Waals surface area (Å²) in [5.74, 6) is 0.130. The van der Waals surface area contributed by atoms with Crippen molar-refractivity contribution < 1.29 is 4.79 Å². The van der Waals surface area contributed by atoms with Gasteiger partial charge in [-0.2, -0.15) is 0 Å². The van der Waals surface area contributed by atoms with Crippen molar-refractivity contribution in [3.63, 3.8) is 0 Å². The molecule has 0 N–H and O–H groups in total. The molecule has 2 aliphatic rings. The Balaban J connectivity index is 1.64. The van der Waals surface area contributed by atoms with E-state index in [0.717, 1.165) is 48.5 Å². The molecule has 1 saturated carbocycles. The third kappa shape index (κ3) is 3.29. The Kier molecular flexibility index (Phi) is 4.60. The number of aromatic nitrogens is 1. The molecule has 0 radical (unpaired) electrons. The fourth-order valence-electron chi connectivity index (χ4n) is 3.65. The summed E-state index contributed by atoms with van der Waals surface area (Å²) in [5.41, 5.74) is 0.673. The fourth-order valence-corrected chi connectivity index (χ4v) is 4.46. The van der Waals surface area contributed by atoms with Gasteiger partial charge in [0.15, 0.2) is 0 Å². The van der Waals surface area contributed by atoms with Crippen LogP contribution in [0.4, 0.5) is 0 Å². The molecule has 0 spiro atoms. The smallest absolute Gasteiger partial charge is 0.273 e. The van der Waals surface area contributed by atoms with Crippen LogP contribution < -0.4 is 0 Å². The van der Waals surface area contributed by atoms with Gasteiger partial charge in [-0.25, -0.2) is 4.98 Å². The first-order valence-electron chi connectivity index (χ1n) is 8.12. The van der Waals surface area contributed by atoms with Gasteiger partial charge in [0.1, 0.15) is 5.69 Å². The largest absolute Gasteiger partial charge is 0.336 e. The summed E-state index contributed by atoms with van der Waals surface area (Å²) < 4.78 is 0. The van der Waals surface area contributed by atoms with Gasteiger partial charge in [-0.05, 0) is 33.1 Å². The van der Waals surface area contributed by atoms with Crippen LogP contribution >= 0.6 is 11.3 Å². The maximum Gasteiger partial charge on any atom is 0.273 e. The van der Waals surface area contributed by atoms with Crippen LogP contribution in [0.5, 0.6) is 0 Å². The number of hydrogen-bond acceptors (Lipinski definition) is 4. The molecular formula is C16H25N3OS. The van der Waals surface area contributed by atoms with E-state index in [2.05, 4.69) is 9.88 Å². The van der Waals surface area contributed by atoms with Gasteiger partial charge in [0.2, 0.25) is 0 Å². The van der Waals surface area contributed by atoms with Gasteiger partial charge in [-0.15, -0.1) is 11.3 Å². The van der Waals surface area contributed by atoms with Crippen molar-refractivity contribution in [3.05, 3.63) is 15.6 Å². The molecule has 116 valence electrons. The predicted molar refractivity (Wildman–Crippen MR) is 85.9 cm³/mol. The second-order valence-corrected chi connectivity index (χ2v) is 7.66. The van der Waals surface area contributed by atoms with E-state index in [0.29, 0.717) is 5.69 Å². The van der Waals surface area contributed by atoms with E-state index in [1.807, 2.05) is 18.7 Å². The van der Waals surface area contributed by atoms with E-state index in [-0.39, 0.29) is 5.91 Å². The Labute approximate surface area is 131 Å². The lowest BCUT2D eigenvalue weighted by Crippen LogP contribution is -2.38. The van der Waals surface area contributed by atoms with Gasteiger partial charge in [0.25, 0.3) is 5.91 Å². The van der Waals surface area contributed by atoms with Crippen LogP contribution in [0.3, 0.4) is 0 Å². The van der Waals surface area contributed by atoms with Gasteiger partial charge in [-0.3, -0.25) is 9.69 Å². The van der Waals surface area contributed by atoms with Crippen molar-refractivity contribution in [2.45, 2.75) is 52.0 Å². The zero-order valence-electron chi connectivity index (χ0n) is 13.1. The molecule has 1 amide bonds. The van der Waals surface area contributed by atoms with E-state index in [1.165, 1.54) is 25.7 Å². The van der Waals surface area contributed by atoms with Gasteiger partial charge in [0, 0.05) is 37.1 Å². The first-order chi connectivity index (χ1) is 10.1.